The van der Waals surface area contributed by atoms with E-state index < -0.39 is 0 Å². The molecular weight excluding hydrogens is 233 g/mol. The normalized spacial score (nSPS) is 10.0. The topological polar surface area (TPSA) is 39.9 Å². The van der Waals surface area contributed by atoms with Crippen molar-refractivity contribution in [3.05, 3.63) is 11.9 Å². The molecule has 1 aromatic rings. The largest absolute Gasteiger partial charge is 0.309 e. The van der Waals surface area contributed by atoms with Crippen LogP contribution in [0.2, 0.25) is 0 Å². The van der Waals surface area contributed by atoms with E-state index in [1.807, 2.05) is 36.3 Å². The Morgan fingerprint density at radius 3 is 3.11 bits per heavy atom. The van der Waals surface area contributed by atoms with E-state index in [-0.39, 0.29) is 0 Å². The lowest BCUT2D eigenvalue weighted by Gasteiger charge is -1.84. The third-order valence-electron chi connectivity index (χ3n) is 0.853. The van der Waals surface area contributed by atoms with Gasteiger partial charge in [-0.25, -0.2) is 0 Å². The quantitative estimate of drug-likeness (QED) is 0.712. The molecule has 0 spiro atoms. The highest BCUT2D eigenvalue weighted by Gasteiger charge is 1.94. The molecule has 0 aliphatic carbocycles. The van der Waals surface area contributed by atoms with Gasteiger partial charge in [-0.2, -0.15) is 0 Å². The zero-order valence-electron chi connectivity index (χ0n) is 4.91. The standard InChI is InChI=1S/C4H6IN3O/c1-8-2-4(3-9-5)6-7-8/h2H,3H2,1H3. The molecule has 0 unspecified atom stereocenters. The van der Waals surface area contributed by atoms with Crippen molar-refractivity contribution in [2.24, 2.45) is 7.05 Å². The molecule has 0 aromatic carbocycles. The van der Waals surface area contributed by atoms with E-state index in [9.17, 15) is 0 Å². The van der Waals surface area contributed by atoms with Gasteiger partial charge in [-0.15, -0.1) is 5.10 Å². The summed E-state index contributed by atoms with van der Waals surface area (Å²) in [5.74, 6) is 0. The Kier molecular flexibility index (Phi) is 2.40. The van der Waals surface area contributed by atoms with Crippen molar-refractivity contribution >= 4 is 23.0 Å². The van der Waals surface area contributed by atoms with Crippen molar-refractivity contribution in [3.8, 4) is 0 Å². The summed E-state index contributed by atoms with van der Waals surface area (Å²) in [5.41, 5.74) is 0.854. The summed E-state index contributed by atoms with van der Waals surface area (Å²) < 4.78 is 6.44. The van der Waals surface area contributed by atoms with E-state index in [1.54, 1.807) is 4.68 Å². The molecule has 4 nitrogen and oxygen atoms in total. The zero-order valence-corrected chi connectivity index (χ0v) is 7.07. The Morgan fingerprint density at radius 1 is 1.89 bits per heavy atom. The highest BCUT2D eigenvalue weighted by molar-refractivity contribution is 14.1. The first kappa shape index (κ1) is 6.94. The van der Waals surface area contributed by atoms with Crippen molar-refractivity contribution in [1.29, 1.82) is 0 Å². The second kappa shape index (κ2) is 3.11. The maximum Gasteiger partial charge on any atom is 0.110 e. The lowest BCUT2D eigenvalue weighted by atomic mass is 10.5. The van der Waals surface area contributed by atoms with Gasteiger partial charge >= 0.3 is 0 Å². The first-order valence-corrected chi connectivity index (χ1v) is 3.30. The molecule has 1 heterocycles. The van der Waals surface area contributed by atoms with Crippen molar-refractivity contribution in [2.75, 3.05) is 0 Å². The Morgan fingerprint density at radius 2 is 2.67 bits per heavy atom. The van der Waals surface area contributed by atoms with Gasteiger partial charge in [0, 0.05) is 7.05 Å². The number of hydrogen-bond acceptors (Lipinski definition) is 3. The van der Waals surface area contributed by atoms with E-state index in [2.05, 4.69) is 10.3 Å². The van der Waals surface area contributed by atoms with E-state index in [4.69, 9.17) is 3.07 Å². The molecule has 0 atom stereocenters. The lowest BCUT2D eigenvalue weighted by molar-refractivity contribution is 0.410. The van der Waals surface area contributed by atoms with Gasteiger partial charge in [0.15, 0.2) is 0 Å². The van der Waals surface area contributed by atoms with Gasteiger partial charge in [0.1, 0.15) is 35.3 Å². The molecule has 1 aromatic heterocycles. The lowest BCUT2D eigenvalue weighted by Crippen LogP contribution is -1.85. The number of rotatable bonds is 2. The van der Waals surface area contributed by atoms with Crippen LogP contribution < -0.4 is 0 Å². The molecule has 0 saturated heterocycles. The molecule has 5 heteroatoms. The van der Waals surface area contributed by atoms with Crippen LogP contribution in [0.1, 0.15) is 5.69 Å². The number of aryl methyl sites for hydroxylation is 1. The predicted molar refractivity (Wildman–Crippen MR) is 39.8 cm³/mol. The molecule has 0 amide bonds. The van der Waals surface area contributed by atoms with Crippen LogP contribution in [0.4, 0.5) is 0 Å². The van der Waals surface area contributed by atoms with Gasteiger partial charge in [-0.05, 0) is 0 Å². The molecule has 0 aliphatic heterocycles. The van der Waals surface area contributed by atoms with Gasteiger partial charge in [0.25, 0.3) is 0 Å². The molecule has 0 N–H and O–H groups in total. The van der Waals surface area contributed by atoms with Crippen LogP contribution in [-0.4, -0.2) is 15.0 Å². The van der Waals surface area contributed by atoms with Crippen LogP contribution >= 0.6 is 23.0 Å². The van der Waals surface area contributed by atoms with E-state index in [1.165, 1.54) is 0 Å². The number of nitrogens with zero attached hydrogens (tertiary/aromatic N) is 3. The van der Waals surface area contributed by atoms with Crippen LogP contribution in [0.25, 0.3) is 0 Å². The maximum absolute atomic E-state index is 4.80. The SMILES string of the molecule is Cn1cc(COI)nn1. The third kappa shape index (κ3) is 1.90. The highest BCUT2D eigenvalue weighted by Crippen LogP contribution is 1.97. The fourth-order valence-electron chi connectivity index (χ4n) is 0.517. The van der Waals surface area contributed by atoms with Crippen molar-refractivity contribution in [1.82, 2.24) is 15.0 Å². The molecule has 0 radical (unpaired) electrons. The average molecular weight is 239 g/mol. The van der Waals surface area contributed by atoms with Gasteiger partial charge < -0.3 is 3.07 Å². The minimum atomic E-state index is 0.522. The zero-order chi connectivity index (χ0) is 6.69. The molecule has 1 rings (SSSR count). The molecule has 9 heavy (non-hydrogen) atoms. The van der Waals surface area contributed by atoms with Crippen molar-refractivity contribution < 1.29 is 3.07 Å². The number of hydrogen-bond donors (Lipinski definition) is 0. The van der Waals surface area contributed by atoms with Crippen LogP contribution in [0.5, 0.6) is 0 Å². The fourth-order valence-corrected chi connectivity index (χ4v) is 0.836. The minimum absolute atomic E-state index is 0.522. The Hall–Kier alpha value is -0.170. The fraction of sp³-hybridized carbons (Fsp3) is 0.500. The second-order valence-electron chi connectivity index (χ2n) is 1.64. The summed E-state index contributed by atoms with van der Waals surface area (Å²) in [5, 5.41) is 7.51. The summed E-state index contributed by atoms with van der Waals surface area (Å²) in [6.45, 7) is 0.522. The summed E-state index contributed by atoms with van der Waals surface area (Å²) in [6, 6.07) is 0. The van der Waals surface area contributed by atoms with Crippen LogP contribution in [0, 0.1) is 0 Å². The van der Waals surface area contributed by atoms with Crippen molar-refractivity contribution in [3.63, 3.8) is 0 Å². The average Bonchev–Trinajstić information content (AvgIpc) is 2.17. The minimum Gasteiger partial charge on any atom is -0.309 e. The number of aromatic nitrogens is 3. The smallest absolute Gasteiger partial charge is 0.110 e. The van der Waals surface area contributed by atoms with E-state index in [0.29, 0.717) is 6.61 Å². The molecule has 0 aliphatic rings. The van der Waals surface area contributed by atoms with Gasteiger partial charge in [0.05, 0.1) is 6.20 Å². The maximum atomic E-state index is 4.80. The summed E-state index contributed by atoms with van der Waals surface area (Å²) in [6.07, 6.45) is 1.82. The summed E-state index contributed by atoms with van der Waals surface area (Å²) in [7, 11) is 1.82. The Bertz CT molecular complexity index is 188. The molecule has 0 fully saturated rings. The third-order valence-corrected chi connectivity index (χ3v) is 1.16. The van der Waals surface area contributed by atoms with Gasteiger partial charge in [-0.3, -0.25) is 4.68 Å². The predicted octanol–water partition coefficient (Wildman–Crippen LogP) is 0.682. The second-order valence-corrected chi connectivity index (χ2v) is 2.26. The monoisotopic (exact) mass is 239 g/mol. The van der Waals surface area contributed by atoms with Crippen LogP contribution in [0.3, 0.4) is 0 Å². The molecule has 50 valence electrons. The first-order valence-electron chi connectivity index (χ1n) is 2.41. The Labute approximate surface area is 66.9 Å². The van der Waals surface area contributed by atoms with E-state index >= 15 is 0 Å². The Balaban J connectivity index is 2.61. The number of halogens is 1. The van der Waals surface area contributed by atoms with Gasteiger partial charge in [-0.1, -0.05) is 5.21 Å². The highest BCUT2D eigenvalue weighted by atomic mass is 127. The van der Waals surface area contributed by atoms with Crippen molar-refractivity contribution in [2.45, 2.75) is 6.61 Å². The first-order chi connectivity index (χ1) is 4.33. The molecule has 0 bridgehead atoms. The summed E-state index contributed by atoms with van der Waals surface area (Å²) >= 11 is 1.82. The van der Waals surface area contributed by atoms with Crippen LogP contribution in [0.15, 0.2) is 6.20 Å². The molecular formula is C4H6IN3O. The van der Waals surface area contributed by atoms with Crippen LogP contribution in [-0.2, 0) is 16.7 Å². The van der Waals surface area contributed by atoms with Gasteiger partial charge in [0.2, 0.25) is 0 Å². The van der Waals surface area contributed by atoms with E-state index in [0.717, 1.165) is 5.69 Å². The molecule has 0 saturated carbocycles. The summed E-state index contributed by atoms with van der Waals surface area (Å²) in [4.78, 5) is 0.